The van der Waals surface area contributed by atoms with Crippen molar-refractivity contribution in [1.82, 2.24) is 0 Å². The third-order valence-electron chi connectivity index (χ3n) is 3.78. The Balaban J connectivity index is 2.04. The van der Waals surface area contributed by atoms with Crippen molar-refractivity contribution < 1.29 is 4.92 Å². The van der Waals surface area contributed by atoms with Crippen LogP contribution in [0.25, 0.3) is 0 Å². The largest absolute Gasteiger partial charge is 0.385 e. The fourth-order valence-electron chi connectivity index (χ4n) is 2.67. The molecule has 1 aliphatic carbocycles. The average Bonchev–Trinajstić information content (AvgIpc) is 2.96. The van der Waals surface area contributed by atoms with Gasteiger partial charge in [-0.1, -0.05) is 19.8 Å². The lowest BCUT2D eigenvalue weighted by Crippen LogP contribution is -2.11. The normalized spacial score (nSPS) is 15.2. The number of hydrogen-bond acceptors (Lipinski definition) is 4. The molecular formula is C15H23N3O2. The molecule has 5 heteroatoms. The topological polar surface area (TPSA) is 67.2 Å². The van der Waals surface area contributed by atoms with Crippen molar-refractivity contribution in [3.05, 3.63) is 28.3 Å². The highest BCUT2D eigenvalue weighted by atomic mass is 16.6. The molecule has 0 heterocycles. The molecule has 0 spiro atoms. The summed E-state index contributed by atoms with van der Waals surface area (Å²) in [5.41, 5.74) is 1.79. The van der Waals surface area contributed by atoms with Crippen molar-refractivity contribution >= 4 is 17.1 Å². The van der Waals surface area contributed by atoms with Crippen LogP contribution in [0, 0.1) is 16.0 Å². The van der Waals surface area contributed by atoms with Gasteiger partial charge in [-0.05, 0) is 31.2 Å². The molecule has 0 saturated heterocycles. The van der Waals surface area contributed by atoms with Gasteiger partial charge in [-0.25, -0.2) is 0 Å². The molecule has 0 aromatic heterocycles. The van der Waals surface area contributed by atoms with E-state index in [9.17, 15) is 10.1 Å². The molecule has 1 aromatic rings. The number of non-ortho nitro benzene ring substituents is 1. The zero-order chi connectivity index (χ0) is 14.4. The van der Waals surface area contributed by atoms with Crippen LogP contribution in [-0.2, 0) is 0 Å². The van der Waals surface area contributed by atoms with Gasteiger partial charge in [0.15, 0.2) is 0 Å². The molecule has 0 radical (unpaired) electrons. The van der Waals surface area contributed by atoms with Crippen molar-refractivity contribution in [2.75, 3.05) is 23.7 Å². The molecular weight excluding hydrogens is 254 g/mol. The van der Waals surface area contributed by atoms with Gasteiger partial charge in [0, 0.05) is 36.6 Å². The smallest absolute Gasteiger partial charge is 0.273 e. The molecule has 1 aromatic carbocycles. The number of nitrogens with one attached hydrogen (secondary N) is 2. The fourth-order valence-corrected chi connectivity index (χ4v) is 2.67. The maximum Gasteiger partial charge on any atom is 0.273 e. The van der Waals surface area contributed by atoms with E-state index in [1.807, 2.05) is 6.07 Å². The van der Waals surface area contributed by atoms with Crippen LogP contribution in [0.15, 0.2) is 18.2 Å². The van der Waals surface area contributed by atoms with Gasteiger partial charge in [-0.15, -0.1) is 0 Å². The Morgan fingerprint density at radius 1 is 1.20 bits per heavy atom. The predicted molar refractivity (Wildman–Crippen MR) is 82.3 cm³/mol. The first-order valence-electron chi connectivity index (χ1n) is 7.46. The number of hydrogen-bond donors (Lipinski definition) is 2. The summed E-state index contributed by atoms with van der Waals surface area (Å²) in [6.07, 6.45) is 6.15. The van der Waals surface area contributed by atoms with Crippen molar-refractivity contribution in [2.24, 2.45) is 5.92 Å². The van der Waals surface area contributed by atoms with Crippen LogP contribution in [0.3, 0.4) is 0 Å². The lowest BCUT2D eigenvalue weighted by Gasteiger charge is -2.13. The average molecular weight is 277 g/mol. The number of benzene rings is 1. The second-order valence-corrected chi connectivity index (χ2v) is 5.48. The fraction of sp³-hybridized carbons (Fsp3) is 0.600. The van der Waals surface area contributed by atoms with Gasteiger partial charge in [0.05, 0.1) is 4.92 Å². The van der Waals surface area contributed by atoms with Gasteiger partial charge in [-0.2, -0.15) is 0 Å². The molecule has 1 aliphatic rings. The first-order chi connectivity index (χ1) is 9.69. The second-order valence-electron chi connectivity index (χ2n) is 5.48. The zero-order valence-corrected chi connectivity index (χ0v) is 12.0. The number of rotatable bonds is 7. The summed E-state index contributed by atoms with van der Waals surface area (Å²) >= 11 is 0. The summed E-state index contributed by atoms with van der Waals surface area (Å²) in [5.74, 6) is 0.710. The summed E-state index contributed by atoms with van der Waals surface area (Å²) in [5, 5.41) is 17.6. The zero-order valence-electron chi connectivity index (χ0n) is 12.0. The van der Waals surface area contributed by atoms with Gasteiger partial charge < -0.3 is 10.6 Å². The van der Waals surface area contributed by atoms with Crippen molar-refractivity contribution in [3.8, 4) is 0 Å². The predicted octanol–water partition coefficient (Wildman–Crippen LogP) is 4.02. The summed E-state index contributed by atoms with van der Waals surface area (Å²) in [6.45, 7) is 3.81. The van der Waals surface area contributed by atoms with E-state index in [0.717, 1.165) is 30.9 Å². The Labute approximate surface area is 119 Å². The van der Waals surface area contributed by atoms with E-state index >= 15 is 0 Å². The highest BCUT2D eigenvalue weighted by Gasteiger charge is 2.15. The molecule has 2 rings (SSSR count). The van der Waals surface area contributed by atoms with E-state index in [1.54, 1.807) is 12.1 Å². The number of anilines is 2. The van der Waals surface area contributed by atoms with Gasteiger partial charge in [0.25, 0.3) is 5.69 Å². The first-order valence-corrected chi connectivity index (χ1v) is 7.46. The van der Waals surface area contributed by atoms with Crippen LogP contribution in [-0.4, -0.2) is 18.0 Å². The minimum Gasteiger partial charge on any atom is -0.385 e. The molecule has 0 unspecified atom stereocenters. The molecule has 20 heavy (non-hydrogen) atoms. The quantitative estimate of drug-likeness (QED) is 0.583. The molecule has 1 fully saturated rings. The monoisotopic (exact) mass is 277 g/mol. The second kappa shape index (κ2) is 7.12. The number of nitrogens with zero attached hydrogens (tertiary/aromatic N) is 1. The first kappa shape index (κ1) is 14.6. The van der Waals surface area contributed by atoms with Crippen LogP contribution in [0.5, 0.6) is 0 Å². The van der Waals surface area contributed by atoms with Crippen LogP contribution >= 0.6 is 0 Å². The Bertz CT molecular complexity index is 456. The van der Waals surface area contributed by atoms with Crippen molar-refractivity contribution in [2.45, 2.75) is 39.0 Å². The van der Waals surface area contributed by atoms with Crippen molar-refractivity contribution in [1.29, 1.82) is 0 Å². The van der Waals surface area contributed by atoms with Crippen LogP contribution in [0.4, 0.5) is 17.1 Å². The van der Waals surface area contributed by atoms with E-state index in [4.69, 9.17) is 0 Å². The Morgan fingerprint density at radius 2 is 1.85 bits per heavy atom. The molecule has 0 bridgehead atoms. The molecule has 0 amide bonds. The van der Waals surface area contributed by atoms with Crippen LogP contribution in [0.1, 0.15) is 39.0 Å². The van der Waals surface area contributed by atoms with E-state index in [2.05, 4.69) is 17.6 Å². The van der Waals surface area contributed by atoms with E-state index in [1.165, 1.54) is 25.7 Å². The molecule has 5 nitrogen and oxygen atoms in total. The van der Waals surface area contributed by atoms with E-state index < -0.39 is 0 Å². The molecule has 1 saturated carbocycles. The minimum absolute atomic E-state index is 0.139. The highest BCUT2D eigenvalue weighted by molar-refractivity contribution is 5.63. The Morgan fingerprint density at radius 3 is 2.45 bits per heavy atom. The van der Waals surface area contributed by atoms with Gasteiger partial charge in [0.1, 0.15) is 0 Å². The highest BCUT2D eigenvalue weighted by Crippen LogP contribution is 2.27. The minimum atomic E-state index is -0.335. The lowest BCUT2D eigenvalue weighted by molar-refractivity contribution is -0.384. The molecule has 2 N–H and O–H groups in total. The van der Waals surface area contributed by atoms with Crippen LogP contribution in [0.2, 0.25) is 0 Å². The van der Waals surface area contributed by atoms with Gasteiger partial charge in [0.2, 0.25) is 0 Å². The standard InChI is InChI=1S/C15H23N3O2/c1-2-7-16-13-8-14(10-15(9-13)18(19)20)17-11-12-5-3-4-6-12/h8-10,12,16-17H,2-7,11H2,1H3. The van der Waals surface area contributed by atoms with Gasteiger partial charge >= 0.3 is 0 Å². The molecule has 110 valence electrons. The van der Waals surface area contributed by atoms with Crippen LogP contribution < -0.4 is 10.6 Å². The summed E-state index contributed by atoms with van der Waals surface area (Å²) in [7, 11) is 0. The summed E-state index contributed by atoms with van der Waals surface area (Å²) < 4.78 is 0. The lowest BCUT2D eigenvalue weighted by atomic mass is 10.1. The third kappa shape index (κ3) is 4.11. The molecule has 0 aliphatic heterocycles. The maximum atomic E-state index is 11.0. The maximum absolute atomic E-state index is 11.0. The SMILES string of the molecule is CCCNc1cc(NCC2CCCC2)cc([N+](=O)[O-])c1. The molecule has 0 atom stereocenters. The third-order valence-corrected chi connectivity index (χ3v) is 3.78. The number of nitro groups is 1. The summed E-state index contributed by atoms with van der Waals surface area (Å²) in [6, 6.07) is 5.17. The van der Waals surface area contributed by atoms with E-state index in [0.29, 0.717) is 5.92 Å². The summed E-state index contributed by atoms with van der Waals surface area (Å²) in [4.78, 5) is 10.7. The Hall–Kier alpha value is -1.78. The number of nitro benzene ring substituents is 1. The van der Waals surface area contributed by atoms with Crippen molar-refractivity contribution in [3.63, 3.8) is 0 Å². The Kier molecular flexibility index (Phi) is 5.21. The van der Waals surface area contributed by atoms with E-state index in [-0.39, 0.29) is 10.6 Å². The van der Waals surface area contributed by atoms with Gasteiger partial charge in [-0.3, -0.25) is 10.1 Å².